The lowest BCUT2D eigenvalue weighted by Gasteiger charge is -2.41. The van der Waals surface area contributed by atoms with Gasteiger partial charge in [-0.15, -0.1) is 0 Å². The molecule has 1 spiro atoms. The van der Waals surface area contributed by atoms with Crippen LogP contribution in [-0.4, -0.2) is 69.9 Å². The Bertz CT molecular complexity index is 614. The number of aryl methyl sites for hydroxylation is 1. The van der Waals surface area contributed by atoms with Crippen molar-refractivity contribution in [2.45, 2.75) is 39.7 Å². The number of likely N-dealkylation sites (tertiary alicyclic amines) is 2. The summed E-state index contributed by atoms with van der Waals surface area (Å²) < 4.78 is 1.95. The molecule has 1 unspecified atom stereocenters. The number of hydrogen-bond donors (Lipinski definition) is 1. The van der Waals surface area contributed by atoms with Crippen molar-refractivity contribution in [1.29, 1.82) is 0 Å². The lowest BCUT2D eigenvalue weighted by atomic mass is 9.71. The Morgan fingerprint density at radius 2 is 2.04 bits per heavy atom. The Hall–Kier alpha value is -1.66. The van der Waals surface area contributed by atoms with Gasteiger partial charge in [0.25, 0.3) is 0 Å². The Labute approximate surface area is 156 Å². The van der Waals surface area contributed by atoms with Gasteiger partial charge in [0.15, 0.2) is 0 Å². The molecule has 0 saturated carbocycles. The predicted molar refractivity (Wildman–Crippen MR) is 102 cm³/mol. The van der Waals surface area contributed by atoms with Gasteiger partial charge in [-0.3, -0.25) is 14.4 Å². The number of rotatable bonds is 7. The molecule has 2 saturated heterocycles. The van der Waals surface area contributed by atoms with E-state index in [1.165, 1.54) is 5.57 Å². The van der Waals surface area contributed by atoms with E-state index in [2.05, 4.69) is 34.8 Å². The van der Waals surface area contributed by atoms with E-state index in [0.29, 0.717) is 6.54 Å². The Balaban J connectivity index is 1.54. The van der Waals surface area contributed by atoms with Crippen LogP contribution in [0.2, 0.25) is 0 Å². The quantitative estimate of drug-likeness (QED) is 0.756. The average Bonchev–Trinajstić information content (AvgIpc) is 3.23. The lowest BCUT2D eigenvalue weighted by molar-refractivity contribution is -0.145. The van der Waals surface area contributed by atoms with Crippen molar-refractivity contribution in [3.63, 3.8) is 0 Å². The van der Waals surface area contributed by atoms with Crippen LogP contribution in [0, 0.1) is 11.3 Å². The summed E-state index contributed by atoms with van der Waals surface area (Å²) >= 11 is 0. The second-order valence-electron chi connectivity index (χ2n) is 8.19. The molecule has 1 N–H and O–H groups in total. The molecule has 1 aromatic rings. The van der Waals surface area contributed by atoms with Gasteiger partial charge in [-0.1, -0.05) is 11.6 Å². The number of aromatic nitrogens is 2. The van der Waals surface area contributed by atoms with Gasteiger partial charge in [0.1, 0.15) is 0 Å². The largest absolute Gasteiger partial charge is 0.481 e. The summed E-state index contributed by atoms with van der Waals surface area (Å²) in [6.07, 6.45) is 9.05. The molecule has 2 aliphatic rings. The monoisotopic (exact) mass is 360 g/mol. The molecular formula is C20H32N4O2. The molecule has 6 nitrogen and oxygen atoms in total. The van der Waals surface area contributed by atoms with Gasteiger partial charge >= 0.3 is 5.97 Å². The van der Waals surface area contributed by atoms with E-state index in [0.717, 1.165) is 58.5 Å². The standard InChI is InChI=1S/C20H32N4O2/c1-17(2)5-12-22-13-6-20(7-14-22)16-23(15-18(20)19(25)26)9-4-11-24-10-3-8-21-24/h3,5,8,10,18H,4,6-7,9,11-16H2,1-2H3,(H,25,26). The summed E-state index contributed by atoms with van der Waals surface area (Å²) in [6.45, 7) is 10.7. The van der Waals surface area contributed by atoms with E-state index < -0.39 is 5.97 Å². The molecule has 26 heavy (non-hydrogen) atoms. The lowest BCUT2D eigenvalue weighted by Crippen LogP contribution is -2.46. The summed E-state index contributed by atoms with van der Waals surface area (Å²) in [7, 11) is 0. The molecule has 2 fully saturated rings. The van der Waals surface area contributed by atoms with E-state index in [-0.39, 0.29) is 11.3 Å². The van der Waals surface area contributed by atoms with Crippen LogP contribution in [0.25, 0.3) is 0 Å². The fourth-order valence-corrected chi connectivity index (χ4v) is 4.47. The van der Waals surface area contributed by atoms with Crippen LogP contribution < -0.4 is 0 Å². The SMILES string of the molecule is CC(C)=CCN1CCC2(CC1)CN(CCCn1cccn1)CC2C(=O)O. The maximum Gasteiger partial charge on any atom is 0.308 e. The Morgan fingerprint density at radius 1 is 1.27 bits per heavy atom. The third-order valence-electron chi connectivity index (χ3n) is 6.05. The van der Waals surface area contributed by atoms with Crippen LogP contribution in [0.15, 0.2) is 30.1 Å². The van der Waals surface area contributed by atoms with Crippen LogP contribution in [0.3, 0.4) is 0 Å². The fraction of sp³-hybridized carbons (Fsp3) is 0.700. The van der Waals surface area contributed by atoms with Gasteiger partial charge in [0.05, 0.1) is 5.92 Å². The molecule has 1 aromatic heterocycles. The third kappa shape index (κ3) is 4.54. The molecule has 3 rings (SSSR count). The van der Waals surface area contributed by atoms with Crippen molar-refractivity contribution in [1.82, 2.24) is 19.6 Å². The molecule has 0 amide bonds. The highest BCUT2D eigenvalue weighted by Gasteiger charge is 2.50. The zero-order valence-corrected chi connectivity index (χ0v) is 16.1. The molecule has 0 bridgehead atoms. The maximum atomic E-state index is 11.9. The topological polar surface area (TPSA) is 61.6 Å². The molecular weight excluding hydrogens is 328 g/mol. The molecule has 144 valence electrons. The van der Waals surface area contributed by atoms with E-state index in [4.69, 9.17) is 0 Å². The summed E-state index contributed by atoms with van der Waals surface area (Å²) in [5.41, 5.74) is 1.30. The van der Waals surface area contributed by atoms with Crippen molar-refractivity contribution >= 4 is 5.97 Å². The number of aliphatic carboxylic acids is 1. The summed E-state index contributed by atoms with van der Waals surface area (Å²) in [6, 6.07) is 1.94. The highest BCUT2D eigenvalue weighted by molar-refractivity contribution is 5.72. The first-order valence-corrected chi connectivity index (χ1v) is 9.77. The molecule has 2 aliphatic heterocycles. The van der Waals surface area contributed by atoms with E-state index in [9.17, 15) is 9.90 Å². The van der Waals surface area contributed by atoms with Gasteiger partial charge in [-0.25, -0.2) is 0 Å². The second kappa shape index (κ2) is 8.35. The number of carboxylic acid groups (broad SMARTS) is 1. The summed E-state index contributed by atoms with van der Waals surface area (Å²) in [5, 5.41) is 14.0. The van der Waals surface area contributed by atoms with Gasteiger partial charge in [-0.05, 0) is 58.8 Å². The first-order chi connectivity index (χ1) is 12.5. The van der Waals surface area contributed by atoms with Gasteiger partial charge in [-0.2, -0.15) is 5.10 Å². The minimum atomic E-state index is -0.614. The number of carboxylic acids is 1. The zero-order chi connectivity index (χ0) is 18.6. The minimum absolute atomic E-state index is 0.0427. The summed E-state index contributed by atoms with van der Waals surface area (Å²) in [4.78, 5) is 16.7. The Morgan fingerprint density at radius 3 is 2.65 bits per heavy atom. The highest BCUT2D eigenvalue weighted by atomic mass is 16.4. The van der Waals surface area contributed by atoms with E-state index in [1.807, 2.05) is 16.9 Å². The van der Waals surface area contributed by atoms with Crippen LogP contribution in [0.1, 0.15) is 33.1 Å². The predicted octanol–water partition coefficient (Wildman–Crippen LogP) is 2.34. The number of nitrogens with zero attached hydrogens (tertiary/aromatic N) is 4. The molecule has 0 aromatic carbocycles. The number of hydrogen-bond acceptors (Lipinski definition) is 4. The fourth-order valence-electron chi connectivity index (χ4n) is 4.47. The Kier molecular flexibility index (Phi) is 6.14. The minimum Gasteiger partial charge on any atom is -0.481 e. The number of piperidine rings is 1. The first kappa shape index (κ1) is 19.1. The normalized spacial score (nSPS) is 23.4. The van der Waals surface area contributed by atoms with Gasteiger partial charge in [0, 0.05) is 44.0 Å². The van der Waals surface area contributed by atoms with Crippen LogP contribution >= 0.6 is 0 Å². The summed E-state index contributed by atoms with van der Waals surface area (Å²) in [5.74, 6) is -0.838. The van der Waals surface area contributed by atoms with Crippen LogP contribution in [0.4, 0.5) is 0 Å². The second-order valence-corrected chi connectivity index (χ2v) is 8.19. The number of carbonyl (C=O) groups is 1. The van der Waals surface area contributed by atoms with Gasteiger partial charge in [0.2, 0.25) is 0 Å². The van der Waals surface area contributed by atoms with Crippen molar-refractivity contribution in [3.8, 4) is 0 Å². The van der Waals surface area contributed by atoms with Crippen molar-refractivity contribution in [2.75, 3.05) is 39.3 Å². The average molecular weight is 361 g/mol. The molecule has 1 atom stereocenters. The molecule has 0 radical (unpaired) electrons. The highest BCUT2D eigenvalue weighted by Crippen LogP contribution is 2.44. The van der Waals surface area contributed by atoms with E-state index >= 15 is 0 Å². The smallest absolute Gasteiger partial charge is 0.308 e. The van der Waals surface area contributed by atoms with Crippen LogP contribution in [-0.2, 0) is 11.3 Å². The van der Waals surface area contributed by atoms with Crippen LogP contribution in [0.5, 0.6) is 0 Å². The number of allylic oxidation sites excluding steroid dienone is 1. The van der Waals surface area contributed by atoms with E-state index in [1.54, 1.807) is 6.20 Å². The molecule has 0 aliphatic carbocycles. The zero-order valence-electron chi connectivity index (χ0n) is 16.1. The third-order valence-corrected chi connectivity index (χ3v) is 6.05. The molecule has 6 heteroatoms. The first-order valence-electron chi connectivity index (χ1n) is 9.77. The van der Waals surface area contributed by atoms with Crippen molar-refractivity contribution < 1.29 is 9.90 Å². The maximum absolute atomic E-state index is 11.9. The van der Waals surface area contributed by atoms with Crippen molar-refractivity contribution in [2.24, 2.45) is 11.3 Å². The van der Waals surface area contributed by atoms with Crippen molar-refractivity contribution in [3.05, 3.63) is 30.1 Å². The van der Waals surface area contributed by atoms with Gasteiger partial charge < -0.3 is 10.0 Å². The molecule has 3 heterocycles.